The standard InChI is InChI=1S/C12H16N4O2/c1-7-8(2)15-16(9(7)3)5-11-4-10(6-18-11)12(17)14-13/h4,6H,5,13H2,1-3H3,(H,14,17). The van der Waals surface area contributed by atoms with Crippen LogP contribution in [0.3, 0.4) is 0 Å². The van der Waals surface area contributed by atoms with Gasteiger partial charge in [-0.25, -0.2) is 5.84 Å². The minimum Gasteiger partial charge on any atom is -0.467 e. The molecule has 6 heteroatoms. The third-order valence-electron chi connectivity index (χ3n) is 3.10. The van der Waals surface area contributed by atoms with E-state index in [0.717, 1.165) is 11.4 Å². The summed E-state index contributed by atoms with van der Waals surface area (Å²) in [5, 5.41) is 4.41. The summed E-state index contributed by atoms with van der Waals surface area (Å²) in [6.07, 6.45) is 1.38. The van der Waals surface area contributed by atoms with E-state index in [4.69, 9.17) is 10.3 Å². The molecule has 0 bridgehead atoms. The first-order valence-corrected chi connectivity index (χ1v) is 5.62. The second-order valence-corrected chi connectivity index (χ2v) is 4.23. The van der Waals surface area contributed by atoms with Crippen molar-refractivity contribution in [2.24, 2.45) is 5.84 Å². The van der Waals surface area contributed by atoms with Crippen LogP contribution in [-0.2, 0) is 6.54 Å². The van der Waals surface area contributed by atoms with Gasteiger partial charge in [-0.1, -0.05) is 0 Å². The molecule has 0 aliphatic carbocycles. The van der Waals surface area contributed by atoms with E-state index in [9.17, 15) is 4.79 Å². The molecule has 0 radical (unpaired) electrons. The molecule has 0 atom stereocenters. The van der Waals surface area contributed by atoms with Crippen LogP contribution >= 0.6 is 0 Å². The van der Waals surface area contributed by atoms with E-state index in [1.165, 1.54) is 11.8 Å². The summed E-state index contributed by atoms with van der Waals surface area (Å²) in [6.45, 7) is 6.50. The Bertz CT molecular complexity index is 583. The van der Waals surface area contributed by atoms with Crippen molar-refractivity contribution in [1.29, 1.82) is 0 Å². The molecular weight excluding hydrogens is 232 g/mol. The minimum absolute atomic E-state index is 0.366. The molecule has 0 saturated heterocycles. The van der Waals surface area contributed by atoms with Crippen molar-refractivity contribution >= 4 is 5.91 Å². The zero-order valence-electron chi connectivity index (χ0n) is 10.7. The Kier molecular flexibility index (Phi) is 3.20. The van der Waals surface area contributed by atoms with Gasteiger partial charge in [0.05, 0.1) is 17.8 Å². The first kappa shape index (κ1) is 12.4. The molecule has 2 aromatic rings. The first-order valence-electron chi connectivity index (χ1n) is 5.62. The van der Waals surface area contributed by atoms with Crippen LogP contribution < -0.4 is 11.3 Å². The smallest absolute Gasteiger partial charge is 0.268 e. The highest BCUT2D eigenvalue weighted by Gasteiger charge is 2.12. The van der Waals surface area contributed by atoms with Gasteiger partial charge in [-0.3, -0.25) is 14.9 Å². The lowest BCUT2D eigenvalue weighted by Crippen LogP contribution is -2.29. The number of hydrogen-bond acceptors (Lipinski definition) is 4. The average Bonchev–Trinajstić information content (AvgIpc) is 2.91. The number of hydrogen-bond donors (Lipinski definition) is 2. The van der Waals surface area contributed by atoms with E-state index < -0.39 is 0 Å². The molecule has 96 valence electrons. The lowest BCUT2D eigenvalue weighted by Gasteiger charge is -2.01. The van der Waals surface area contributed by atoms with Crippen LogP contribution in [0.2, 0.25) is 0 Å². The maximum Gasteiger partial charge on any atom is 0.268 e. The van der Waals surface area contributed by atoms with Crippen molar-refractivity contribution < 1.29 is 9.21 Å². The second kappa shape index (κ2) is 4.66. The Morgan fingerprint density at radius 1 is 1.50 bits per heavy atom. The predicted molar refractivity (Wildman–Crippen MR) is 65.9 cm³/mol. The number of carbonyl (C=O) groups excluding carboxylic acids is 1. The molecule has 2 aromatic heterocycles. The Balaban J connectivity index is 2.21. The number of rotatable bonds is 3. The molecule has 3 N–H and O–H groups in total. The number of aromatic nitrogens is 2. The lowest BCUT2D eigenvalue weighted by molar-refractivity contribution is 0.0953. The summed E-state index contributed by atoms with van der Waals surface area (Å²) < 4.78 is 7.17. The van der Waals surface area contributed by atoms with Crippen LogP contribution in [0.5, 0.6) is 0 Å². The number of nitrogen functional groups attached to an aromatic ring is 1. The van der Waals surface area contributed by atoms with E-state index in [2.05, 4.69) is 10.5 Å². The molecular formula is C12H16N4O2. The minimum atomic E-state index is -0.366. The summed E-state index contributed by atoms with van der Waals surface area (Å²) in [6, 6.07) is 1.66. The van der Waals surface area contributed by atoms with Crippen molar-refractivity contribution in [1.82, 2.24) is 15.2 Å². The highest BCUT2D eigenvalue weighted by atomic mass is 16.3. The molecule has 2 rings (SSSR count). The van der Waals surface area contributed by atoms with Crippen molar-refractivity contribution in [2.75, 3.05) is 0 Å². The quantitative estimate of drug-likeness (QED) is 0.483. The summed E-state index contributed by atoms with van der Waals surface area (Å²) >= 11 is 0. The van der Waals surface area contributed by atoms with Crippen LogP contribution in [0.1, 0.15) is 33.1 Å². The maximum atomic E-state index is 11.3. The molecule has 0 aromatic carbocycles. The molecule has 6 nitrogen and oxygen atoms in total. The Hall–Kier alpha value is -2.08. The molecule has 0 spiro atoms. The molecule has 2 heterocycles. The van der Waals surface area contributed by atoms with E-state index in [0.29, 0.717) is 17.9 Å². The number of hydrazine groups is 1. The van der Waals surface area contributed by atoms with E-state index >= 15 is 0 Å². The summed E-state index contributed by atoms with van der Waals surface area (Å²) in [5.74, 6) is 5.35. The average molecular weight is 248 g/mol. The monoisotopic (exact) mass is 248 g/mol. The Morgan fingerprint density at radius 3 is 2.78 bits per heavy atom. The van der Waals surface area contributed by atoms with E-state index in [1.54, 1.807) is 6.07 Å². The third kappa shape index (κ3) is 2.14. The van der Waals surface area contributed by atoms with Gasteiger partial charge in [0, 0.05) is 5.69 Å². The van der Waals surface area contributed by atoms with Gasteiger partial charge in [0.15, 0.2) is 0 Å². The SMILES string of the molecule is Cc1nn(Cc2cc(C(=O)NN)co2)c(C)c1C. The number of furan rings is 1. The second-order valence-electron chi connectivity index (χ2n) is 4.23. The molecule has 0 aliphatic heterocycles. The summed E-state index contributed by atoms with van der Waals surface area (Å²) in [5.41, 5.74) is 5.73. The van der Waals surface area contributed by atoms with Crippen LogP contribution in [-0.4, -0.2) is 15.7 Å². The molecule has 0 aliphatic rings. The van der Waals surface area contributed by atoms with Gasteiger partial charge in [0.25, 0.3) is 5.91 Å². The first-order chi connectivity index (χ1) is 8.52. The largest absolute Gasteiger partial charge is 0.467 e. The number of amides is 1. The maximum absolute atomic E-state index is 11.3. The fraction of sp³-hybridized carbons (Fsp3) is 0.333. The molecule has 18 heavy (non-hydrogen) atoms. The predicted octanol–water partition coefficient (Wildman–Crippen LogP) is 1.05. The fourth-order valence-corrected chi connectivity index (χ4v) is 1.75. The van der Waals surface area contributed by atoms with Crippen LogP contribution in [0.15, 0.2) is 16.7 Å². The van der Waals surface area contributed by atoms with Gasteiger partial charge in [-0.15, -0.1) is 0 Å². The molecule has 0 saturated carbocycles. The van der Waals surface area contributed by atoms with Gasteiger partial charge in [-0.2, -0.15) is 5.10 Å². The van der Waals surface area contributed by atoms with Crippen LogP contribution in [0.25, 0.3) is 0 Å². The highest BCUT2D eigenvalue weighted by molar-refractivity contribution is 5.93. The zero-order chi connectivity index (χ0) is 13.3. The molecule has 0 unspecified atom stereocenters. The topological polar surface area (TPSA) is 86.1 Å². The van der Waals surface area contributed by atoms with E-state index in [1.807, 2.05) is 25.5 Å². The summed E-state index contributed by atoms with van der Waals surface area (Å²) in [4.78, 5) is 11.3. The normalized spacial score (nSPS) is 10.7. The number of nitrogens with two attached hydrogens (primary N) is 1. The van der Waals surface area contributed by atoms with E-state index in [-0.39, 0.29) is 5.91 Å². The van der Waals surface area contributed by atoms with Gasteiger partial charge in [0.2, 0.25) is 0 Å². The lowest BCUT2D eigenvalue weighted by atomic mass is 10.2. The van der Waals surface area contributed by atoms with Gasteiger partial charge < -0.3 is 4.42 Å². The highest BCUT2D eigenvalue weighted by Crippen LogP contribution is 2.14. The van der Waals surface area contributed by atoms with Gasteiger partial charge in [0.1, 0.15) is 12.0 Å². The van der Waals surface area contributed by atoms with Gasteiger partial charge >= 0.3 is 0 Å². The van der Waals surface area contributed by atoms with Crippen molar-refractivity contribution in [2.45, 2.75) is 27.3 Å². The van der Waals surface area contributed by atoms with Crippen molar-refractivity contribution in [3.63, 3.8) is 0 Å². The summed E-state index contributed by atoms with van der Waals surface area (Å²) in [7, 11) is 0. The van der Waals surface area contributed by atoms with Crippen LogP contribution in [0, 0.1) is 20.8 Å². The number of nitrogens with one attached hydrogen (secondary N) is 1. The zero-order valence-corrected chi connectivity index (χ0v) is 10.7. The van der Waals surface area contributed by atoms with Crippen molar-refractivity contribution in [3.05, 3.63) is 40.6 Å². The molecule has 1 amide bonds. The number of carbonyl (C=O) groups is 1. The fourth-order valence-electron chi connectivity index (χ4n) is 1.75. The van der Waals surface area contributed by atoms with Crippen LogP contribution in [0.4, 0.5) is 0 Å². The van der Waals surface area contributed by atoms with Gasteiger partial charge in [-0.05, 0) is 32.4 Å². The Labute approximate surface area is 105 Å². The molecule has 0 fully saturated rings. The number of nitrogens with zero attached hydrogens (tertiary/aromatic N) is 2. The number of aryl methyl sites for hydroxylation is 1. The van der Waals surface area contributed by atoms with Crippen molar-refractivity contribution in [3.8, 4) is 0 Å². The Morgan fingerprint density at radius 2 is 2.22 bits per heavy atom. The third-order valence-corrected chi connectivity index (χ3v) is 3.10.